The van der Waals surface area contributed by atoms with Gasteiger partial charge in [-0.1, -0.05) is 26.8 Å². The highest BCUT2D eigenvalue weighted by Gasteiger charge is 2.42. The second kappa shape index (κ2) is 14.2. The Bertz CT molecular complexity index is 726. The van der Waals surface area contributed by atoms with Crippen molar-refractivity contribution in [1.29, 1.82) is 0 Å². The smallest absolute Gasteiger partial charge is 0.162 e. The zero-order valence-corrected chi connectivity index (χ0v) is 27.8. The van der Waals surface area contributed by atoms with Crippen LogP contribution in [0.5, 0.6) is 0 Å². The quantitative estimate of drug-likeness (QED) is 0.185. The summed E-state index contributed by atoms with van der Waals surface area (Å²) in [5, 5.41) is 0. The van der Waals surface area contributed by atoms with Gasteiger partial charge in [-0.2, -0.15) is 0 Å². The summed E-state index contributed by atoms with van der Waals surface area (Å²) in [6.45, 7) is 28.3. The molecule has 0 aliphatic carbocycles. The van der Waals surface area contributed by atoms with Gasteiger partial charge in [-0.15, -0.1) is 6.58 Å². The lowest BCUT2D eigenvalue weighted by molar-refractivity contribution is -0.293. The van der Waals surface area contributed by atoms with Crippen molar-refractivity contribution < 1.29 is 47.4 Å². The number of hydrogen-bond donors (Lipinski definition) is 0. The van der Waals surface area contributed by atoms with E-state index in [1.54, 1.807) is 6.08 Å². The highest BCUT2D eigenvalue weighted by atomic mass is 16.7. The molecule has 0 aromatic rings. The second-order valence-corrected chi connectivity index (χ2v) is 15.1. The molecule has 10 nitrogen and oxygen atoms in total. The van der Waals surface area contributed by atoms with E-state index in [4.69, 9.17) is 47.4 Å². The predicted molar refractivity (Wildman–Crippen MR) is 158 cm³/mol. The van der Waals surface area contributed by atoms with E-state index >= 15 is 0 Å². The van der Waals surface area contributed by atoms with Gasteiger partial charge < -0.3 is 47.4 Å². The molecule has 10 heteroatoms. The Labute approximate surface area is 253 Å². The second-order valence-electron chi connectivity index (χ2n) is 15.1. The van der Waals surface area contributed by atoms with Crippen molar-refractivity contribution in [2.75, 3.05) is 92.5 Å². The molecule has 3 rings (SSSR count). The zero-order chi connectivity index (χ0) is 31.2. The number of rotatable bonds is 16. The molecule has 0 aromatic carbocycles. The predicted octanol–water partition coefficient (Wildman–Crippen LogP) is 4.59. The first-order valence-corrected chi connectivity index (χ1v) is 15.2. The average molecular weight is 603 g/mol. The molecule has 0 radical (unpaired) electrons. The van der Waals surface area contributed by atoms with Gasteiger partial charge in [-0.05, 0) is 41.5 Å². The molecule has 0 saturated carbocycles. The first-order valence-electron chi connectivity index (χ1n) is 15.2. The van der Waals surface area contributed by atoms with Gasteiger partial charge in [0, 0.05) is 16.2 Å². The van der Waals surface area contributed by atoms with E-state index in [1.807, 2.05) is 41.5 Å². The molecule has 0 spiro atoms. The highest BCUT2D eigenvalue weighted by Crippen LogP contribution is 2.34. The zero-order valence-electron chi connectivity index (χ0n) is 27.8. The molecule has 3 aliphatic rings. The van der Waals surface area contributed by atoms with Gasteiger partial charge in [0.15, 0.2) is 17.4 Å². The van der Waals surface area contributed by atoms with Crippen molar-refractivity contribution in [3.8, 4) is 0 Å². The van der Waals surface area contributed by atoms with Crippen molar-refractivity contribution in [1.82, 2.24) is 0 Å². The maximum Gasteiger partial charge on any atom is 0.162 e. The van der Waals surface area contributed by atoms with E-state index in [0.717, 1.165) is 0 Å². The summed E-state index contributed by atoms with van der Waals surface area (Å²) in [4.78, 5) is 0. The molecular weight excluding hydrogens is 544 g/mol. The Balaban J connectivity index is 1.66. The Morgan fingerprint density at radius 1 is 0.500 bits per heavy atom. The maximum absolute atomic E-state index is 6.41. The van der Waals surface area contributed by atoms with Crippen LogP contribution in [0.3, 0.4) is 0 Å². The van der Waals surface area contributed by atoms with Gasteiger partial charge in [-0.3, -0.25) is 0 Å². The minimum Gasteiger partial charge on any atom is -0.380 e. The molecule has 246 valence electrons. The van der Waals surface area contributed by atoms with Crippen molar-refractivity contribution in [3.05, 3.63) is 12.7 Å². The molecule has 3 heterocycles. The molecular formula is C32H58O10. The summed E-state index contributed by atoms with van der Waals surface area (Å²) in [6, 6.07) is 0. The summed E-state index contributed by atoms with van der Waals surface area (Å²) in [7, 11) is 0. The van der Waals surface area contributed by atoms with Crippen molar-refractivity contribution in [2.45, 2.75) is 79.7 Å². The molecule has 3 saturated heterocycles. The molecule has 0 amide bonds. The normalized spacial score (nSPS) is 26.0. The standard InChI is InChI=1S/C32H58O10/c1-11-12-33-22-32(23-34-13-29(8)16-37-26(2,3)38-17-29,24-35-14-30(9)18-39-27(4,5)40-19-30)25-36-15-31(10)20-41-28(6,7)42-21-31/h11H,1,12-25H2,2-10H3. The summed E-state index contributed by atoms with van der Waals surface area (Å²) in [5.74, 6) is -1.75. The summed E-state index contributed by atoms with van der Waals surface area (Å²) >= 11 is 0. The van der Waals surface area contributed by atoms with Gasteiger partial charge in [-0.25, -0.2) is 0 Å². The average Bonchev–Trinajstić information content (AvgIpc) is 2.91. The summed E-state index contributed by atoms with van der Waals surface area (Å²) in [6.07, 6.45) is 1.74. The lowest BCUT2D eigenvalue weighted by Gasteiger charge is -2.43. The minimum atomic E-state index is -0.584. The van der Waals surface area contributed by atoms with Crippen LogP contribution in [0, 0.1) is 21.7 Å². The molecule has 0 aromatic heterocycles. The SMILES string of the molecule is C=CCOCC(COCC1(C)COC(C)(C)OC1)(COCC1(C)COC(C)(C)OC1)COCC1(C)COC(C)(C)OC1. The van der Waals surface area contributed by atoms with Crippen LogP contribution in [-0.4, -0.2) is 110 Å². The van der Waals surface area contributed by atoms with E-state index in [0.29, 0.717) is 92.5 Å². The topological polar surface area (TPSA) is 92.3 Å². The fourth-order valence-corrected chi connectivity index (χ4v) is 4.74. The van der Waals surface area contributed by atoms with Crippen LogP contribution < -0.4 is 0 Å². The van der Waals surface area contributed by atoms with E-state index in [2.05, 4.69) is 27.4 Å². The molecule has 3 fully saturated rings. The van der Waals surface area contributed by atoms with Crippen molar-refractivity contribution >= 4 is 0 Å². The Hall–Kier alpha value is -0.660. The fourth-order valence-electron chi connectivity index (χ4n) is 4.74. The minimum absolute atomic E-state index is 0.265. The van der Waals surface area contributed by atoms with Gasteiger partial charge in [0.05, 0.1) is 97.9 Å². The van der Waals surface area contributed by atoms with Crippen molar-refractivity contribution in [3.63, 3.8) is 0 Å². The van der Waals surface area contributed by atoms with Crippen LogP contribution in [-0.2, 0) is 47.4 Å². The molecule has 0 bridgehead atoms. The molecule has 3 aliphatic heterocycles. The molecule has 0 atom stereocenters. The van der Waals surface area contributed by atoms with Crippen LogP contribution in [0.15, 0.2) is 12.7 Å². The van der Waals surface area contributed by atoms with Crippen LogP contribution in [0.4, 0.5) is 0 Å². The summed E-state index contributed by atoms with van der Waals surface area (Å²) in [5.41, 5.74) is -1.37. The van der Waals surface area contributed by atoms with E-state index in [-0.39, 0.29) is 16.2 Å². The third-order valence-corrected chi connectivity index (χ3v) is 7.83. The van der Waals surface area contributed by atoms with Crippen LogP contribution in [0.1, 0.15) is 62.3 Å². The lowest BCUT2D eigenvalue weighted by Crippen LogP contribution is -2.50. The fraction of sp³-hybridized carbons (Fsp3) is 0.938. The maximum atomic E-state index is 6.41. The van der Waals surface area contributed by atoms with Gasteiger partial charge in [0.1, 0.15) is 0 Å². The molecule has 0 unspecified atom stereocenters. The third-order valence-electron chi connectivity index (χ3n) is 7.83. The first-order chi connectivity index (χ1) is 19.4. The van der Waals surface area contributed by atoms with Crippen molar-refractivity contribution in [2.24, 2.45) is 21.7 Å². The van der Waals surface area contributed by atoms with Gasteiger partial charge >= 0.3 is 0 Å². The van der Waals surface area contributed by atoms with Crippen LogP contribution in [0.25, 0.3) is 0 Å². The largest absolute Gasteiger partial charge is 0.380 e. The first kappa shape index (κ1) is 35.8. The van der Waals surface area contributed by atoms with E-state index in [1.165, 1.54) is 0 Å². The van der Waals surface area contributed by atoms with E-state index < -0.39 is 22.8 Å². The van der Waals surface area contributed by atoms with E-state index in [9.17, 15) is 0 Å². The van der Waals surface area contributed by atoms with Crippen LogP contribution >= 0.6 is 0 Å². The number of hydrogen-bond acceptors (Lipinski definition) is 10. The third kappa shape index (κ3) is 11.4. The monoisotopic (exact) mass is 602 g/mol. The molecule has 42 heavy (non-hydrogen) atoms. The highest BCUT2D eigenvalue weighted by molar-refractivity contribution is 4.86. The van der Waals surface area contributed by atoms with Gasteiger partial charge in [0.25, 0.3) is 0 Å². The van der Waals surface area contributed by atoms with Crippen LogP contribution in [0.2, 0.25) is 0 Å². The molecule has 0 N–H and O–H groups in total. The number of ether oxygens (including phenoxy) is 10. The Morgan fingerprint density at radius 2 is 0.762 bits per heavy atom. The lowest BCUT2D eigenvalue weighted by atomic mass is 9.89. The van der Waals surface area contributed by atoms with Gasteiger partial charge in [0.2, 0.25) is 0 Å². The Kier molecular flexibility index (Phi) is 12.1. The summed E-state index contributed by atoms with van der Waals surface area (Å²) < 4.78 is 60.8. The Morgan fingerprint density at radius 3 is 1.02 bits per heavy atom.